The molecule has 6 nitrogen and oxygen atoms in total. The highest BCUT2D eigenvalue weighted by molar-refractivity contribution is 6.06. The van der Waals surface area contributed by atoms with Gasteiger partial charge in [0.2, 0.25) is 0 Å². The minimum Gasteiger partial charge on any atom is -0.337 e. The van der Waals surface area contributed by atoms with E-state index in [1.807, 2.05) is 29.6 Å². The van der Waals surface area contributed by atoms with Crippen LogP contribution < -0.4 is 5.32 Å². The fourth-order valence-corrected chi connectivity index (χ4v) is 3.57. The molecule has 0 spiro atoms. The van der Waals surface area contributed by atoms with E-state index in [0.717, 1.165) is 47.5 Å². The van der Waals surface area contributed by atoms with Crippen LogP contribution in [-0.4, -0.2) is 51.8 Å². The lowest BCUT2D eigenvalue weighted by molar-refractivity contribution is 0.0745. The number of aryl methyl sites for hydroxylation is 1. The van der Waals surface area contributed by atoms with Crippen molar-refractivity contribution in [1.82, 2.24) is 25.0 Å². The number of halogens is 2. The summed E-state index contributed by atoms with van der Waals surface area (Å²) in [6.07, 6.45) is 0.994. The minimum atomic E-state index is -0.198. The number of aromatic nitrogens is 3. The van der Waals surface area contributed by atoms with Gasteiger partial charge in [-0.3, -0.25) is 4.79 Å². The fraction of sp³-hybridized carbons (Fsp3) is 0.650. The topological polar surface area (TPSA) is 63.1 Å². The van der Waals surface area contributed by atoms with Gasteiger partial charge in [-0.15, -0.1) is 24.8 Å². The summed E-state index contributed by atoms with van der Waals surface area (Å²) in [6, 6.07) is 2.21. The summed E-state index contributed by atoms with van der Waals surface area (Å²) < 4.78 is 1.96. The van der Waals surface area contributed by atoms with E-state index in [-0.39, 0.29) is 48.2 Å². The first-order valence-corrected chi connectivity index (χ1v) is 9.50. The molecule has 0 aromatic carbocycles. The number of likely N-dealkylation sites (N-methyl/N-ethyl adjacent to an activating group) is 1. The number of fused-ring (bicyclic) bond motifs is 1. The quantitative estimate of drug-likeness (QED) is 0.803. The molecule has 2 aromatic rings. The average Bonchev–Trinajstić information content (AvgIpc) is 3.20. The van der Waals surface area contributed by atoms with Gasteiger partial charge in [-0.25, -0.2) is 9.67 Å². The van der Waals surface area contributed by atoms with Gasteiger partial charge in [0, 0.05) is 25.3 Å². The van der Waals surface area contributed by atoms with E-state index < -0.39 is 0 Å². The molecule has 1 aliphatic rings. The molecule has 3 heterocycles. The van der Waals surface area contributed by atoms with Gasteiger partial charge in [0.1, 0.15) is 0 Å². The summed E-state index contributed by atoms with van der Waals surface area (Å²) in [5.74, 6) is 0.303. The first-order chi connectivity index (χ1) is 12.1. The molecule has 0 bridgehead atoms. The van der Waals surface area contributed by atoms with E-state index in [1.54, 1.807) is 0 Å². The Morgan fingerprint density at radius 3 is 2.46 bits per heavy atom. The van der Waals surface area contributed by atoms with E-state index in [4.69, 9.17) is 10.1 Å². The van der Waals surface area contributed by atoms with Crippen LogP contribution in [0.5, 0.6) is 0 Å². The third-order valence-electron chi connectivity index (χ3n) is 5.19. The third kappa shape index (κ3) is 4.44. The number of pyridine rings is 1. The van der Waals surface area contributed by atoms with Crippen molar-refractivity contribution in [3.63, 3.8) is 0 Å². The highest BCUT2D eigenvalue weighted by Gasteiger charge is 2.29. The van der Waals surface area contributed by atoms with Crippen LogP contribution in [0.1, 0.15) is 68.7 Å². The second-order valence-corrected chi connectivity index (χ2v) is 8.68. The van der Waals surface area contributed by atoms with Crippen molar-refractivity contribution in [2.75, 3.05) is 20.1 Å². The van der Waals surface area contributed by atoms with Crippen LogP contribution >= 0.6 is 24.8 Å². The molecule has 1 fully saturated rings. The normalized spacial score (nSPS) is 16.8. The second kappa shape index (κ2) is 8.97. The van der Waals surface area contributed by atoms with Crippen molar-refractivity contribution < 1.29 is 4.79 Å². The zero-order valence-corrected chi connectivity index (χ0v) is 19.5. The van der Waals surface area contributed by atoms with E-state index in [1.165, 1.54) is 0 Å². The summed E-state index contributed by atoms with van der Waals surface area (Å²) in [5, 5.41) is 8.95. The van der Waals surface area contributed by atoms with Gasteiger partial charge in [-0.2, -0.15) is 5.10 Å². The summed E-state index contributed by atoms with van der Waals surface area (Å²) in [4.78, 5) is 20.1. The number of carbonyl (C=O) groups is 1. The molecule has 1 unspecified atom stereocenters. The molecule has 1 atom stereocenters. The SMILES string of the molecule is Cc1nn(C(C)(C)C)c2nc(C(C)C)cc(C(=O)N(C)C3CCNC3)c12.Cl.Cl. The first kappa shape index (κ1) is 24.7. The lowest BCUT2D eigenvalue weighted by Crippen LogP contribution is -2.38. The standard InChI is InChI=1S/C20H31N5O.2ClH/c1-12(2)16-10-15(19(26)24(7)14-8-9-21-11-14)17-13(3)23-25(18(17)22-16)20(4,5)6;;/h10,12,14,21H,8-9,11H2,1-7H3;2*1H. The first-order valence-electron chi connectivity index (χ1n) is 9.50. The third-order valence-corrected chi connectivity index (χ3v) is 5.19. The summed E-state index contributed by atoms with van der Waals surface area (Å²) in [5.41, 5.74) is 3.13. The summed E-state index contributed by atoms with van der Waals surface area (Å²) in [6.45, 7) is 14.3. The monoisotopic (exact) mass is 429 g/mol. The van der Waals surface area contributed by atoms with Crippen LogP contribution in [0.25, 0.3) is 11.0 Å². The lowest BCUT2D eigenvalue weighted by atomic mass is 10.0. The van der Waals surface area contributed by atoms with Gasteiger partial charge in [-0.05, 0) is 52.6 Å². The Labute approximate surface area is 180 Å². The lowest BCUT2D eigenvalue weighted by Gasteiger charge is -2.25. The Bertz CT molecular complexity index is 835. The van der Waals surface area contributed by atoms with Crippen molar-refractivity contribution >= 4 is 41.8 Å². The fourth-order valence-electron chi connectivity index (χ4n) is 3.57. The smallest absolute Gasteiger partial charge is 0.254 e. The Balaban J connectivity index is 0.00000196. The van der Waals surface area contributed by atoms with Crippen LogP contribution in [0.15, 0.2) is 6.07 Å². The van der Waals surface area contributed by atoms with Gasteiger partial charge in [0.25, 0.3) is 5.91 Å². The maximum absolute atomic E-state index is 13.4. The molecule has 8 heteroatoms. The predicted octanol–water partition coefficient (Wildman–Crippen LogP) is 3.90. The molecule has 3 rings (SSSR count). The molecule has 28 heavy (non-hydrogen) atoms. The molecular weight excluding hydrogens is 397 g/mol. The number of nitrogens with zero attached hydrogens (tertiary/aromatic N) is 4. The zero-order chi connectivity index (χ0) is 19.2. The zero-order valence-electron chi connectivity index (χ0n) is 17.9. The van der Waals surface area contributed by atoms with Crippen LogP contribution in [0.3, 0.4) is 0 Å². The van der Waals surface area contributed by atoms with Crippen molar-refractivity contribution in [1.29, 1.82) is 0 Å². The molecule has 1 aliphatic heterocycles. The van der Waals surface area contributed by atoms with Gasteiger partial charge < -0.3 is 10.2 Å². The van der Waals surface area contributed by atoms with Gasteiger partial charge in [0.15, 0.2) is 5.65 Å². The molecule has 0 radical (unpaired) electrons. The van der Waals surface area contributed by atoms with Crippen LogP contribution in [0, 0.1) is 6.92 Å². The van der Waals surface area contributed by atoms with Crippen LogP contribution in [0.2, 0.25) is 0 Å². The van der Waals surface area contributed by atoms with Crippen molar-refractivity contribution in [2.45, 2.75) is 65.5 Å². The average molecular weight is 430 g/mol. The van der Waals surface area contributed by atoms with Crippen molar-refractivity contribution in [2.24, 2.45) is 0 Å². The molecule has 0 saturated carbocycles. The molecule has 2 aromatic heterocycles. The highest BCUT2D eigenvalue weighted by atomic mass is 35.5. The molecule has 1 N–H and O–H groups in total. The molecule has 0 aliphatic carbocycles. The Morgan fingerprint density at radius 1 is 1.32 bits per heavy atom. The van der Waals surface area contributed by atoms with E-state index in [2.05, 4.69) is 39.9 Å². The largest absolute Gasteiger partial charge is 0.337 e. The number of rotatable bonds is 3. The van der Waals surface area contributed by atoms with Gasteiger partial charge in [-0.1, -0.05) is 13.8 Å². The number of hydrogen-bond acceptors (Lipinski definition) is 4. The Morgan fingerprint density at radius 2 is 1.96 bits per heavy atom. The predicted molar refractivity (Wildman–Crippen MR) is 119 cm³/mol. The highest BCUT2D eigenvalue weighted by Crippen LogP contribution is 2.30. The van der Waals surface area contributed by atoms with E-state index >= 15 is 0 Å². The van der Waals surface area contributed by atoms with E-state index in [9.17, 15) is 4.79 Å². The maximum Gasteiger partial charge on any atom is 0.254 e. The van der Waals surface area contributed by atoms with Gasteiger partial charge in [0.05, 0.1) is 22.2 Å². The molecule has 158 valence electrons. The minimum absolute atomic E-state index is 0. The summed E-state index contributed by atoms with van der Waals surface area (Å²) in [7, 11) is 1.91. The van der Waals surface area contributed by atoms with E-state index in [0.29, 0.717) is 0 Å². The van der Waals surface area contributed by atoms with Crippen molar-refractivity contribution in [3.05, 3.63) is 23.0 Å². The number of carbonyl (C=O) groups excluding carboxylic acids is 1. The number of hydrogen-bond donors (Lipinski definition) is 1. The van der Waals surface area contributed by atoms with Crippen LogP contribution in [-0.2, 0) is 5.54 Å². The second-order valence-electron chi connectivity index (χ2n) is 8.68. The Kier molecular flexibility index (Phi) is 7.90. The summed E-state index contributed by atoms with van der Waals surface area (Å²) >= 11 is 0. The number of amides is 1. The molecule has 1 saturated heterocycles. The maximum atomic E-state index is 13.4. The van der Waals surface area contributed by atoms with Crippen LogP contribution in [0.4, 0.5) is 0 Å². The Hall–Kier alpha value is -1.37. The van der Waals surface area contributed by atoms with Crippen molar-refractivity contribution in [3.8, 4) is 0 Å². The number of nitrogens with one attached hydrogen (secondary N) is 1. The van der Waals surface area contributed by atoms with Gasteiger partial charge >= 0.3 is 0 Å². The molecule has 1 amide bonds. The molecular formula is C20H33Cl2N5O.